The Labute approximate surface area is 117 Å². The maximum absolute atomic E-state index is 10.9. The minimum absolute atomic E-state index is 0.0354. The molecule has 1 saturated carbocycles. The van der Waals surface area contributed by atoms with Crippen molar-refractivity contribution in [3.05, 3.63) is 28.3 Å². The smallest absolute Gasteiger partial charge is 0.311 e. The molecule has 0 heterocycles. The van der Waals surface area contributed by atoms with Gasteiger partial charge in [0.05, 0.1) is 17.6 Å². The van der Waals surface area contributed by atoms with E-state index in [-0.39, 0.29) is 17.5 Å². The van der Waals surface area contributed by atoms with Gasteiger partial charge in [-0.15, -0.1) is 0 Å². The number of hydrogen-bond acceptors (Lipinski definition) is 5. The van der Waals surface area contributed by atoms with Gasteiger partial charge in [0.1, 0.15) is 0 Å². The SMILES string of the molecule is CCCOc1cc(NCC(O)C2CC2)ccc1[N+](=O)[O-]. The lowest BCUT2D eigenvalue weighted by Gasteiger charge is -2.13. The van der Waals surface area contributed by atoms with Gasteiger partial charge in [0.2, 0.25) is 0 Å². The Morgan fingerprint density at radius 2 is 2.30 bits per heavy atom. The number of aliphatic hydroxyl groups excluding tert-OH is 1. The van der Waals surface area contributed by atoms with Gasteiger partial charge in [0.25, 0.3) is 0 Å². The highest BCUT2D eigenvalue weighted by atomic mass is 16.6. The molecule has 1 aliphatic carbocycles. The minimum atomic E-state index is -0.451. The van der Waals surface area contributed by atoms with Crippen molar-refractivity contribution in [2.24, 2.45) is 5.92 Å². The second-order valence-electron chi connectivity index (χ2n) is 5.07. The van der Waals surface area contributed by atoms with Gasteiger partial charge in [-0.05, 0) is 31.2 Å². The maximum atomic E-state index is 10.9. The molecule has 0 spiro atoms. The van der Waals surface area contributed by atoms with Gasteiger partial charge < -0.3 is 15.2 Å². The third-order valence-corrected chi connectivity index (χ3v) is 3.30. The molecule has 0 amide bonds. The van der Waals surface area contributed by atoms with Crippen LogP contribution >= 0.6 is 0 Å². The van der Waals surface area contributed by atoms with Crippen LogP contribution in [-0.2, 0) is 0 Å². The fraction of sp³-hybridized carbons (Fsp3) is 0.571. The molecule has 2 rings (SSSR count). The van der Waals surface area contributed by atoms with Crippen LogP contribution in [0, 0.1) is 16.0 Å². The van der Waals surface area contributed by atoms with E-state index < -0.39 is 4.92 Å². The fourth-order valence-corrected chi connectivity index (χ4v) is 1.97. The van der Waals surface area contributed by atoms with Gasteiger partial charge in [-0.1, -0.05) is 6.92 Å². The first-order valence-corrected chi connectivity index (χ1v) is 6.95. The Morgan fingerprint density at radius 1 is 1.55 bits per heavy atom. The molecule has 1 unspecified atom stereocenters. The first-order chi connectivity index (χ1) is 9.61. The maximum Gasteiger partial charge on any atom is 0.311 e. The molecule has 1 fully saturated rings. The molecule has 1 aromatic rings. The van der Waals surface area contributed by atoms with E-state index >= 15 is 0 Å². The number of benzene rings is 1. The van der Waals surface area contributed by atoms with E-state index in [1.165, 1.54) is 6.07 Å². The van der Waals surface area contributed by atoms with Crippen LogP contribution in [0.15, 0.2) is 18.2 Å². The highest BCUT2D eigenvalue weighted by molar-refractivity contribution is 5.58. The van der Waals surface area contributed by atoms with Crippen molar-refractivity contribution in [2.45, 2.75) is 32.3 Å². The highest BCUT2D eigenvalue weighted by Crippen LogP contribution is 2.33. The van der Waals surface area contributed by atoms with Crippen molar-refractivity contribution in [3.8, 4) is 5.75 Å². The zero-order chi connectivity index (χ0) is 14.5. The van der Waals surface area contributed by atoms with Crippen LogP contribution in [0.25, 0.3) is 0 Å². The summed E-state index contributed by atoms with van der Waals surface area (Å²) in [6.45, 7) is 2.84. The number of nitrogens with zero attached hydrogens (tertiary/aromatic N) is 1. The number of anilines is 1. The van der Waals surface area contributed by atoms with Crippen LogP contribution < -0.4 is 10.1 Å². The van der Waals surface area contributed by atoms with Crippen molar-refractivity contribution in [1.82, 2.24) is 0 Å². The number of nitro benzene ring substituents is 1. The second-order valence-corrected chi connectivity index (χ2v) is 5.07. The second kappa shape index (κ2) is 6.56. The zero-order valence-electron chi connectivity index (χ0n) is 11.5. The number of nitrogens with one attached hydrogen (secondary N) is 1. The Morgan fingerprint density at radius 3 is 2.90 bits per heavy atom. The van der Waals surface area contributed by atoms with Crippen molar-refractivity contribution >= 4 is 11.4 Å². The first-order valence-electron chi connectivity index (χ1n) is 6.95. The summed E-state index contributed by atoms with van der Waals surface area (Å²) in [4.78, 5) is 10.5. The lowest BCUT2D eigenvalue weighted by molar-refractivity contribution is -0.385. The lowest BCUT2D eigenvalue weighted by Crippen LogP contribution is -2.21. The van der Waals surface area contributed by atoms with Crippen LogP contribution in [0.1, 0.15) is 26.2 Å². The first kappa shape index (κ1) is 14.6. The van der Waals surface area contributed by atoms with E-state index in [4.69, 9.17) is 4.74 Å². The molecule has 0 radical (unpaired) electrons. The van der Waals surface area contributed by atoms with Crippen LogP contribution in [-0.4, -0.2) is 29.3 Å². The summed E-state index contributed by atoms with van der Waals surface area (Å²) < 4.78 is 5.41. The summed E-state index contributed by atoms with van der Waals surface area (Å²) in [5, 5.41) is 23.8. The Kier molecular flexibility index (Phi) is 4.79. The summed E-state index contributed by atoms with van der Waals surface area (Å²) in [7, 11) is 0. The normalized spacial score (nSPS) is 15.7. The monoisotopic (exact) mass is 280 g/mol. The quantitative estimate of drug-likeness (QED) is 0.564. The molecule has 0 aromatic heterocycles. The van der Waals surface area contributed by atoms with Crippen LogP contribution in [0.4, 0.5) is 11.4 Å². The van der Waals surface area contributed by atoms with Crippen molar-refractivity contribution in [3.63, 3.8) is 0 Å². The Balaban J connectivity index is 2.03. The lowest BCUT2D eigenvalue weighted by atomic mass is 10.2. The van der Waals surface area contributed by atoms with E-state index in [2.05, 4.69) is 5.32 Å². The molecule has 0 saturated heterocycles. The van der Waals surface area contributed by atoms with E-state index in [9.17, 15) is 15.2 Å². The topological polar surface area (TPSA) is 84.6 Å². The van der Waals surface area contributed by atoms with Crippen LogP contribution in [0.5, 0.6) is 5.75 Å². The molecule has 110 valence electrons. The number of hydrogen-bond donors (Lipinski definition) is 2. The van der Waals surface area contributed by atoms with Crippen molar-refractivity contribution in [2.75, 3.05) is 18.5 Å². The summed E-state index contributed by atoms with van der Waals surface area (Å²) in [5.41, 5.74) is 0.688. The molecule has 1 aliphatic rings. The van der Waals surface area contributed by atoms with Gasteiger partial charge in [-0.3, -0.25) is 10.1 Å². The van der Waals surface area contributed by atoms with Gasteiger partial charge in [-0.25, -0.2) is 0 Å². The minimum Gasteiger partial charge on any atom is -0.487 e. The molecule has 20 heavy (non-hydrogen) atoms. The number of nitro groups is 1. The standard InChI is InChI=1S/C14H20N2O4/c1-2-7-20-14-8-11(5-6-12(14)16(18)19)15-9-13(17)10-3-4-10/h5-6,8,10,13,15,17H,2-4,7,9H2,1H3. The molecule has 0 bridgehead atoms. The fourth-order valence-electron chi connectivity index (χ4n) is 1.97. The van der Waals surface area contributed by atoms with E-state index in [1.54, 1.807) is 12.1 Å². The average Bonchev–Trinajstić information content (AvgIpc) is 3.26. The zero-order valence-corrected chi connectivity index (χ0v) is 11.5. The predicted octanol–water partition coefficient (Wildman–Crippen LogP) is 2.57. The molecule has 6 nitrogen and oxygen atoms in total. The number of aliphatic hydroxyl groups is 1. The van der Waals surface area contributed by atoms with E-state index in [0.29, 0.717) is 19.1 Å². The molecule has 1 atom stereocenters. The molecular weight excluding hydrogens is 260 g/mol. The molecule has 0 aliphatic heterocycles. The number of ether oxygens (including phenoxy) is 1. The van der Waals surface area contributed by atoms with Gasteiger partial charge in [0, 0.05) is 24.4 Å². The van der Waals surface area contributed by atoms with Crippen molar-refractivity contribution < 1.29 is 14.8 Å². The highest BCUT2D eigenvalue weighted by Gasteiger charge is 2.29. The van der Waals surface area contributed by atoms with Crippen LogP contribution in [0.3, 0.4) is 0 Å². The van der Waals surface area contributed by atoms with Crippen molar-refractivity contribution in [1.29, 1.82) is 0 Å². The molecule has 2 N–H and O–H groups in total. The largest absolute Gasteiger partial charge is 0.487 e. The van der Waals surface area contributed by atoms with E-state index in [0.717, 1.165) is 24.9 Å². The molecular formula is C14H20N2O4. The predicted molar refractivity (Wildman–Crippen MR) is 76.1 cm³/mol. The van der Waals surface area contributed by atoms with Gasteiger partial charge >= 0.3 is 5.69 Å². The van der Waals surface area contributed by atoms with E-state index in [1.807, 2.05) is 6.92 Å². The third-order valence-electron chi connectivity index (χ3n) is 3.30. The summed E-state index contributed by atoms with van der Waals surface area (Å²) in [6.07, 6.45) is 2.59. The summed E-state index contributed by atoms with van der Waals surface area (Å²) >= 11 is 0. The summed E-state index contributed by atoms with van der Waals surface area (Å²) in [5.74, 6) is 0.666. The number of rotatable bonds is 8. The van der Waals surface area contributed by atoms with Crippen LogP contribution in [0.2, 0.25) is 0 Å². The summed E-state index contributed by atoms with van der Waals surface area (Å²) in [6, 6.07) is 4.68. The molecule has 6 heteroatoms. The molecule has 1 aromatic carbocycles. The Bertz CT molecular complexity index is 474. The Hall–Kier alpha value is -1.82. The average molecular weight is 280 g/mol. The van der Waals surface area contributed by atoms with Gasteiger partial charge in [0.15, 0.2) is 5.75 Å². The van der Waals surface area contributed by atoms with Gasteiger partial charge in [-0.2, -0.15) is 0 Å². The third kappa shape index (κ3) is 3.84.